The highest BCUT2D eigenvalue weighted by atomic mass is 79.9. The van der Waals surface area contributed by atoms with E-state index in [4.69, 9.17) is 11.6 Å². The summed E-state index contributed by atoms with van der Waals surface area (Å²) >= 11 is 9.02. The van der Waals surface area contributed by atoms with Gasteiger partial charge in [0.2, 0.25) is 0 Å². The fraction of sp³-hybridized carbons (Fsp3) is 0.143. The first-order valence-corrected chi connectivity index (χ1v) is 4.68. The largest absolute Gasteiger partial charge is 0.334 e. The van der Waals surface area contributed by atoms with Gasteiger partial charge in [0, 0.05) is 5.39 Å². The molecule has 0 saturated carbocycles. The molecule has 0 bridgehead atoms. The summed E-state index contributed by atoms with van der Waals surface area (Å²) in [5.74, 6) is 0.406. The predicted octanol–water partition coefficient (Wildman–Crippen LogP) is 2.46. The van der Waals surface area contributed by atoms with E-state index in [0.717, 1.165) is 21.3 Å². The summed E-state index contributed by atoms with van der Waals surface area (Å²) in [6, 6.07) is 1.92. The summed E-state index contributed by atoms with van der Waals surface area (Å²) in [5.41, 5.74) is 1.66. The van der Waals surface area contributed by atoms with Gasteiger partial charge in [-0.3, -0.25) is 0 Å². The van der Waals surface area contributed by atoms with Crippen LogP contribution < -0.4 is 0 Å². The number of aromatic amines is 1. The van der Waals surface area contributed by atoms with Crippen molar-refractivity contribution in [3.63, 3.8) is 0 Å². The number of hydrogen-bond acceptors (Lipinski definition) is 2. The van der Waals surface area contributed by atoms with Crippen molar-refractivity contribution in [3.05, 3.63) is 22.7 Å². The van der Waals surface area contributed by atoms with E-state index in [1.807, 2.05) is 6.07 Å². The molecular weight excluding hydrogens is 241 g/mol. The number of H-pyrrole nitrogens is 1. The van der Waals surface area contributed by atoms with E-state index in [0.29, 0.717) is 5.88 Å². The summed E-state index contributed by atoms with van der Waals surface area (Å²) in [5, 5.41) is 0.972. The molecule has 0 saturated heterocycles. The van der Waals surface area contributed by atoms with Crippen molar-refractivity contribution in [1.29, 1.82) is 0 Å². The molecule has 0 fully saturated rings. The van der Waals surface area contributed by atoms with Gasteiger partial charge in [0.15, 0.2) is 0 Å². The zero-order chi connectivity index (χ0) is 8.55. The molecule has 2 aromatic rings. The van der Waals surface area contributed by atoms with Crippen molar-refractivity contribution in [1.82, 2.24) is 15.0 Å². The predicted molar refractivity (Wildman–Crippen MR) is 51.1 cm³/mol. The van der Waals surface area contributed by atoms with Crippen molar-refractivity contribution >= 4 is 38.6 Å². The van der Waals surface area contributed by atoms with Crippen LogP contribution in [0.3, 0.4) is 0 Å². The minimum Gasteiger partial charge on any atom is -0.334 e. The Hall–Kier alpha value is -0.610. The number of fused-ring (bicyclic) bond motifs is 1. The Morgan fingerprint density at radius 2 is 2.33 bits per heavy atom. The number of hydrogen-bond donors (Lipinski definition) is 1. The van der Waals surface area contributed by atoms with Crippen LogP contribution in [0.5, 0.6) is 0 Å². The lowest BCUT2D eigenvalue weighted by Crippen LogP contribution is -1.87. The monoisotopic (exact) mass is 245 g/mol. The second kappa shape index (κ2) is 3.03. The van der Waals surface area contributed by atoms with Crippen LogP contribution in [0.2, 0.25) is 0 Å². The van der Waals surface area contributed by atoms with Crippen LogP contribution in [-0.2, 0) is 5.88 Å². The third-order valence-electron chi connectivity index (χ3n) is 1.60. The van der Waals surface area contributed by atoms with E-state index in [1.54, 1.807) is 0 Å². The van der Waals surface area contributed by atoms with E-state index >= 15 is 0 Å². The Morgan fingerprint density at radius 1 is 1.50 bits per heavy atom. The van der Waals surface area contributed by atoms with Crippen LogP contribution in [0.4, 0.5) is 0 Å². The van der Waals surface area contributed by atoms with Gasteiger partial charge in [0.25, 0.3) is 0 Å². The summed E-state index contributed by atoms with van der Waals surface area (Å²) in [7, 11) is 0. The van der Waals surface area contributed by atoms with Gasteiger partial charge >= 0.3 is 0 Å². The first-order chi connectivity index (χ1) is 5.81. The topological polar surface area (TPSA) is 41.6 Å². The van der Waals surface area contributed by atoms with Gasteiger partial charge in [-0.25, -0.2) is 9.97 Å². The van der Waals surface area contributed by atoms with Gasteiger partial charge in [0.1, 0.15) is 12.0 Å². The van der Waals surface area contributed by atoms with E-state index < -0.39 is 0 Å². The highest BCUT2D eigenvalue weighted by molar-refractivity contribution is 9.10. The molecule has 0 unspecified atom stereocenters. The number of halogens is 2. The zero-order valence-electron chi connectivity index (χ0n) is 6.01. The standard InChI is InChI=1S/C7H5BrClN3/c8-6-1-4-5(2-9)10-3-11-7(4)12-6/h1,3H,2H2,(H,10,11,12). The van der Waals surface area contributed by atoms with Crippen molar-refractivity contribution in [3.8, 4) is 0 Å². The van der Waals surface area contributed by atoms with E-state index in [-0.39, 0.29) is 0 Å². The van der Waals surface area contributed by atoms with Crippen LogP contribution in [0, 0.1) is 0 Å². The fourth-order valence-corrected chi connectivity index (χ4v) is 1.70. The van der Waals surface area contributed by atoms with Crippen LogP contribution in [-0.4, -0.2) is 15.0 Å². The maximum atomic E-state index is 5.70. The Kier molecular flexibility index (Phi) is 2.02. The highest BCUT2D eigenvalue weighted by Gasteiger charge is 2.04. The lowest BCUT2D eigenvalue weighted by Gasteiger charge is -1.93. The molecule has 0 aliphatic heterocycles. The van der Waals surface area contributed by atoms with Crippen molar-refractivity contribution < 1.29 is 0 Å². The minimum atomic E-state index is 0.406. The van der Waals surface area contributed by atoms with Gasteiger partial charge in [-0.15, -0.1) is 11.6 Å². The molecule has 0 aliphatic rings. The Balaban J connectivity index is 2.78. The molecule has 2 rings (SSSR count). The van der Waals surface area contributed by atoms with Gasteiger partial charge in [-0.1, -0.05) is 0 Å². The quantitative estimate of drug-likeness (QED) is 0.785. The molecule has 0 radical (unpaired) electrons. The maximum absolute atomic E-state index is 5.70. The molecule has 0 aromatic carbocycles. The smallest absolute Gasteiger partial charge is 0.141 e. The first kappa shape index (κ1) is 8.01. The number of rotatable bonds is 1. The lowest BCUT2D eigenvalue weighted by atomic mass is 10.3. The van der Waals surface area contributed by atoms with E-state index in [2.05, 4.69) is 30.9 Å². The molecule has 0 atom stereocenters. The van der Waals surface area contributed by atoms with Crippen molar-refractivity contribution in [2.24, 2.45) is 0 Å². The van der Waals surface area contributed by atoms with Crippen molar-refractivity contribution in [2.45, 2.75) is 5.88 Å². The lowest BCUT2D eigenvalue weighted by molar-refractivity contribution is 1.12. The highest BCUT2D eigenvalue weighted by Crippen LogP contribution is 2.20. The summed E-state index contributed by atoms with van der Waals surface area (Å²) in [4.78, 5) is 11.2. The Labute approximate surface area is 82.3 Å². The number of alkyl halides is 1. The molecule has 12 heavy (non-hydrogen) atoms. The minimum absolute atomic E-state index is 0.406. The second-order valence-corrected chi connectivity index (χ2v) is 3.46. The number of nitrogens with one attached hydrogen (secondary N) is 1. The van der Waals surface area contributed by atoms with Crippen LogP contribution in [0.1, 0.15) is 5.69 Å². The molecule has 1 N–H and O–H groups in total. The Morgan fingerprint density at radius 3 is 3.08 bits per heavy atom. The average molecular weight is 246 g/mol. The molecule has 3 nitrogen and oxygen atoms in total. The van der Waals surface area contributed by atoms with E-state index in [9.17, 15) is 0 Å². The van der Waals surface area contributed by atoms with Gasteiger partial charge < -0.3 is 4.98 Å². The molecule has 0 aliphatic carbocycles. The van der Waals surface area contributed by atoms with Gasteiger partial charge in [-0.05, 0) is 22.0 Å². The third kappa shape index (κ3) is 1.21. The van der Waals surface area contributed by atoms with Gasteiger partial charge in [0.05, 0.1) is 16.2 Å². The molecule has 2 heterocycles. The summed E-state index contributed by atoms with van der Waals surface area (Å²) < 4.78 is 0.893. The second-order valence-electron chi connectivity index (χ2n) is 2.33. The van der Waals surface area contributed by atoms with Gasteiger partial charge in [-0.2, -0.15) is 0 Å². The third-order valence-corrected chi connectivity index (χ3v) is 2.28. The molecule has 0 spiro atoms. The van der Waals surface area contributed by atoms with Crippen molar-refractivity contribution in [2.75, 3.05) is 0 Å². The fourth-order valence-electron chi connectivity index (χ4n) is 1.07. The van der Waals surface area contributed by atoms with Crippen LogP contribution in [0.25, 0.3) is 11.0 Å². The molecule has 5 heteroatoms. The Bertz CT molecular complexity index is 412. The summed E-state index contributed by atoms with van der Waals surface area (Å²) in [6.45, 7) is 0. The SMILES string of the molecule is ClCc1ncnc2[nH]c(Br)cc12. The first-order valence-electron chi connectivity index (χ1n) is 3.35. The average Bonchev–Trinajstić information content (AvgIpc) is 2.44. The molecule has 62 valence electrons. The van der Waals surface area contributed by atoms with E-state index in [1.165, 1.54) is 6.33 Å². The molecule has 0 amide bonds. The van der Waals surface area contributed by atoms with Crippen LogP contribution >= 0.6 is 27.5 Å². The maximum Gasteiger partial charge on any atom is 0.141 e. The molecule has 2 aromatic heterocycles. The number of aromatic nitrogens is 3. The zero-order valence-corrected chi connectivity index (χ0v) is 8.35. The normalized spacial score (nSPS) is 10.8. The van der Waals surface area contributed by atoms with Crippen LogP contribution in [0.15, 0.2) is 17.0 Å². The molecular formula is C7H5BrClN3. The number of nitrogens with zero attached hydrogens (tertiary/aromatic N) is 2. The summed E-state index contributed by atoms with van der Waals surface area (Å²) in [6.07, 6.45) is 1.50.